The summed E-state index contributed by atoms with van der Waals surface area (Å²) in [4.78, 5) is 163. The Kier molecular flexibility index (Phi) is 30.3. The molecule has 17 N–H and O–H groups in total. The number of hydrogen-bond acceptors (Lipinski definition) is 18. The Balaban J connectivity index is 1.55. The number of carboxylic acids is 3. The number of benzene rings is 2. The molecule has 30 heteroatoms. The number of β-amino-alcohol motifs (C(OH)–C–C–N with tert-alkyl or cyclic N) is 1. The van der Waals surface area contributed by atoms with Gasteiger partial charge in [-0.3, -0.25) is 62.5 Å². The van der Waals surface area contributed by atoms with Gasteiger partial charge in [0, 0.05) is 51.4 Å². The lowest BCUT2D eigenvalue weighted by atomic mass is 9.94. The van der Waals surface area contributed by atoms with E-state index in [1.807, 2.05) is 0 Å². The highest BCUT2D eigenvalue weighted by Gasteiger charge is 2.43. The molecule has 0 aromatic heterocycles. The average molecular weight is 1260 g/mol. The van der Waals surface area contributed by atoms with Gasteiger partial charge in [-0.1, -0.05) is 74.5 Å². The van der Waals surface area contributed by atoms with Crippen molar-refractivity contribution >= 4 is 82.8 Å². The summed E-state index contributed by atoms with van der Waals surface area (Å²) in [6.45, 7) is 4.73. The summed E-state index contributed by atoms with van der Waals surface area (Å²) in [7, 11) is 0. The summed E-state index contributed by atoms with van der Waals surface area (Å²) in [6.07, 6.45) is -5.71. The molecule has 2 aliphatic rings. The Hall–Kier alpha value is -7.61. The highest BCUT2D eigenvalue weighted by molar-refractivity contribution is 8.00. The predicted molar refractivity (Wildman–Crippen MR) is 315 cm³/mol. The van der Waals surface area contributed by atoms with E-state index in [0.29, 0.717) is 36.9 Å². The number of carboxylic acid groups (broad SMARTS) is 3. The summed E-state index contributed by atoms with van der Waals surface area (Å²) in [6, 6.07) is 5.05. The van der Waals surface area contributed by atoms with Crippen LogP contribution in [0, 0.1) is 5.92 Å². The number of nitrogens with zero attached hydrogens (tertiary/aromatic N) is 2. The third-order valence-electron chi connectivity index (χ3n) is 14.7. The van der Waals surface area contributed by atoms with Crippen LogP contribution in [-0.4, -0.2) is 227 Å². The monoisotopic (exact) mass is 1260 g/mol. The summed E-state index contributed by atoms with van der Waals surface area (Å²) in [5.41, 5.74) is 4.89. The second kappa shape index (κ2) is 36.6. The molecule has 2 aromatic carbocycles. The van der Waals surface area contributed by atoms with E-state index in [4.69, 9.17) is 0 Å². The van der Waals surface area contributed by atoms with E-state index in [-0.39, 0.29) is 69.8 Å². The molecule has 2 aliphatic heterocycles. The van der Waals surface area contributed by atoms with Crippen molar-refractivity contribution in [3.05, 3.63) is 71.8 Å². The maximum absolute atomic E-state index is 14.7. The number of rotatable bonds is 38. The van der Waals surface area contributed by atoms with E-state index in [0.717, 1.165) is 23.6 Å². The minimum Gasteiger partial charge on any atom is -0.481 e. The number of piperidine rings is 1. The van der Waals surface area contributed by atoms with Crippen molar-refractivity contribution in [1.29, 1.82) is 0 Å². The van der Waals surface area contributed by atoms with E-state index >= 15 is 0 Å². The molecule has 8 unspecified atom stereocenters. The lowest BCUT2D eigenvalue weighted by molar-refractivity contribution is -0.368. The summed E-state index contributed by atoms with van der Waals surface area (Å²) in [5.74, 6) is -12.6. The highest BCUT2D eigenvalue weighted by Crippen LogP contribution is 2.27. The van der Waals surface area contributed by atoms with Crippen LogP contribution in [0.3, 0.4) is 0 Å². The van der Waals surface area contributed by atoms with Gasteiger partial charge in [0.2, 0.25) is 53.2 Å². The van der Waals surface area contributed by atoms with Gasteiger partial charge in [0.15, 0.2) is 0 Å². The van der Waals surface area contributed by atoms with Crippen LogP contribution in [0.15, 0.2) is 60.7 Å². The van der Waals surface area contributed by atoms with Crippen molar-refractivity contribution in [3.8, 4) is 0 Å². The van der Waals surface area contributed by atoms with E-state index in [1.54, 1.807) is 79.4 Å². The summed E-state index contributed by atoms with van der Waals surface area (Å²) in [5, 5.41) is 85.8. The zero-order valence-corrected chi connectivity index (χ0v) is 50.4. The first kappa shape index (κ1) is 72.9. The Morgan fingerprint density at radius 1 is 0.602 bits per heavy atom. The molecule has 0 bridgehead atoms. The van der Waals surface area contributed by atoms with Gasteiger partial charge in [-0.2, -0.15) is 0 Å². The molecule has 88 heavy (non-hydrogen) atoms. The number of aliphatic hydroxyl groups is 4. The molecule has 2 fully saturated rings. The van der Waals surface area contributed by atoms with E-state index in [9.17, 15) is 93.3 Å². The van der Waals surface area contributed by atoms with Crippen LogP contribution in [0.2, 0.25) is 0 Å². The third kappa shape index (κ3) is 23.8. The normalized spacial score (nSPS) is 20.1. The highest BCUT2D eigenvalue weighted by atomic mass is 32.2. The molecule has 9 amide bonds. The largest absolute Gasteiger partial charge is 0.481 e. The number of quaternary nitrogens is 1. The molecule has 0 saturated carbocycles. The van der Waals surface area contributed by atoms with Gasteiger partial charge in [0.05, 0.1) is 37.0 Å². The lowest BCUT2D eigenvalue weighted by Gasteiger charge is -2.43. The zero-order valence-electron chi connectivity index (χ0n) is 49.5. The SMILES string of the molecule is CC(=O)NC(CSC1CC(=O)N(CCCCN2C[C@@H](O)[C@@H](O)[C@H](O)[C@H]2CO)C1=O)C(=O)NC(Cc1ccccc1)C(=O)NC(Cc1ccccc1)C(=O)NC(CCCC[NH3+])C(=O)NC(CC(=O)O)C(=O)NC(CCC(=O)O)C(=O)NC(CC(C)C)C(=O)O. The van der Waals surface area contributed by atoms with Gasteiger partial charge in [0.25, 0.3) is 0 Å². The van der Waals surface area contributed by atoms with E-state index in [1.165, 1.54) is 0 Å². The standard InChI is InChI=1S/C58H84N10O19S/c1-32(2)24-41(58(86)87)66-52(80)37(19-20-47(73)74)62-55(83)40(27-48(75)76)65-51(79)36(18-10-11-21-59)61-53(81)38(25-34-14-6-4-7-15-34)63-54(82)39(26-35-16-8-5-9-17-35)64-56(84)42(60-33(3)70)31-88-45-28-46(72)68(57(45)85)23-13-12-22-67-29-44(71)50(78)49(77)43(67)30-69/h4-9,14-17,32,36-45,49-50,69,71,77-78H,10-13,18-31,59H2,1-3H3,(H,60,70)(H,61,81)(H,62,83)(H,63,82)(H,64,84)(H,65,79)(H,66,80)(H,73,74)(H,75,76)(H,86,87)/p+1/t36?,37?,38?,39?,40?,41?,42?,43-,44-,45?,49-,50-/m1/s1. The molecular formula is C58H85N10O19S+. The number of aliphatic hydroxyl groups excluding tert-OH is 4. The quantitative estimate of drug-likeness (QED) is 0.0226. The number of nitrogens with one attached hydrogen (secondary N) is 7. The van der Waals surface area contributed by atoms with Crippen LogP contribution in [0.4, 0.5) is 0 Å². The number of carbonyl (C=O) groups excluding carboxylic acids is 9. The molecule has 0 spiro atoms. The van der Waals surface area contributed by atoms with Gasteiger partial charge in [-0.25, -0.2) is 4.79 Å². The minimum absolute atomic E-state index is 0.0149. The fourth-order valence-electron chi connectivity index (χ4n) is 10.0. The molecule has 486 valence electrons. The van der Waals surface area contributed by atoms with Crippen LogP contribution in [0.5, 0.6) is 0 Å². The maximum atomic E-state index is 14.7. The second-order valence-electron chi connectivity index (χ2n) is 22.3. The number of likely N-dealkylation sites (tertiary alicyclic amines) is 2. The number of carbonyl (C=O) groups is 12. The van der Waals surface area contributed by atoms with Crippen molar-refractivity contribution in [2.24, 2.45) is 5.92 Å². The van der Waals surface area contributed by atoms with Crippen LogP contribution < -0.4 is 43.0 Å². The zero-order chi connectivity index (χ0) is 65.2. The second-order valence-corrected chi connectivity index (χ2v) is 23.5. The molecular weight excluding hydrogens is 1170 g/mol. The molecule has 0 aliphatic carbocycles. The fourth-order valence-corrected chi connectivity index (χ4v) is 11.2. The van der Waals surface area contributed by atoms with Gasteiger partial charge in [0.1, 0.15) is 54.5 Å². The van der Waals surface area contributed by atoms with Crippen LogP contribution in [0.25, 0.3) is 0 Å². The van der Waals surface area contributed by atoms with E-state index in [2.05, 4.69) is 43.0 Å². The number of imide groups is 1. The van der Waals surface area contributed by atoms with Gasteiger partial charge in [-0.05, 0) is 68.5 Å². The molecule has 2 heterocycles. The predicted octanol–water partition coefficient (Wildman–Crippen LogP) is -3.83. The molecule has 0 radical (unpaired) electrons. The first-order valence-electron chi connectivity index (χ1n) is 29.2. The van der Waals surface area contributed by atoms with E-state index < -0.39 is 169 Å². The Bertz CT molecular complexity index is 2710. The van der Waals surface area contributed by atoms with Crippen molar-refractivity contribution in [2.75, 3.05) is 38.5 Å². The summed E-state index contributed by atoms with van der Waals surface area (Å²) < 4.78 is 0. The van der Waals surface area contributed by atoms with Crippen LogP contribution >= 0.6 is 11.8 Å². The maximum Gasteiger partial charge on any atom is 0.326 e. The van der Waals surface area contributed by atoms with Crippen LogP contribution in [-0.2, 0) is 70.4 Å². The number of aliphatic carboxylic acids is 3. The lowest BCUT2D eigenvalue weighted by Crippen LogP contribution is -2.62. The first-order chi connectivity index (χ1) is 41.7. The van der Waals surface area contributed by atoms with Crippen molar-refractivity contribution < 1.29 is 99.0 Å². The third-order valence-corrected chi connectivity index (χ3v) is 16.0. The number of thioether (sulfide) groups is 1. The number of unbranched alkanes of at least 4 members (excludes halogenated alkanes) is 2. The average Bonchev–Trinajstić information content (AvgIpc) is 2.92. The number of hydrogen-bond donors (Lipinski definition) is 15. The van der Waals surface area contributed by atoms with Gasteiger partial charge >= 0.3 is 17.9 Å². The first-order valence-corrected chi connectivity index (χ1v) is 30.3. The van der Waals surface area contributed by atoms with Crippen LogP contribution in [0.1, 0.15) is 96.1 Å². The smallest absolute Gasteiger partial charge is 0.326 e. The van der Waals surface area contributed by atoms with Gasteiger partial charge in [-0.15, -0.1) is 11.8 Å². The molecule has 2 aromatic rings. The topological polar surface area (TPSA) is 465 Å². The minimum atomic E-state index is -1.94. The molecule has 12 atom stereocenters. The van der Waals surface area contributed by atoms with Crippen molar-refractivity contribution in [1.82, 2.24) is 47.0 Å². The Labute approximate surface area is 513 Å². The molecule has 29 nitrogen and oxygen atoms in total. The summed E-state index contributed by atoms with van der Waals surface area (Å²) >= 11 is 0.935. The fraction of sp³-hybridized carbons (Fsp3) is 0.586. The van der Waals surface area contributed by atoms with Crippen molar-refractivity contribution in [2.45, 2.75) is 170 Å². The Morgan fingerprint density at radius 2 is 1.09 bits per heavy atom. The van der Waals surface area contributed by atoms with Gasteiger partial charge < -0.3 is 78.7 Å². The molecule has 4 rings (SSSR count). The molecule has 2 saturated heterocycles. The Morgan fingerprint density at radius 3 is 1.59 bits per heavy atom. The van der Waals surface area contributed by atoms with Crippen molar-refractivity contribution in [3.63, 3.8) is 0 Å². The number of amides is 9.